The van der Waals surface area contributed by atoms with Crippen molar-refractivity contribution in [3.63, 3.8) is 0 Å². The molecule has 26 heavy (non-hydrogen) atoms. The number of para-hydroxylation sites is 1. The van der Waals surface area contributed by atoms with Crippen LogP contribution < -0.4 is 4.90 Å². The summed E-state index contributed by atoms with van der Waals surface area (Å²) in [5, 5.41) is 9.92. The maximum Gasteiger partial charge on any atom is 0.244 e. The Kier molecular flexibility index (Phi) is 7.47. The summed E-state index contributed by atoms with van der Waals surface area (Å²) >= 11 is 12.3. The van der Waals surface area contributed by atoms with E-state index in [0.717, 1.165) is 11.3 Å². The Morgan fingerprint density at radius 2 is 1.85 bits per heavy atom. The van der Waals surface area contributed by atoms with Crippen molar-refractivity contribution in [2.24, 2.45) is 0 Å². The summed E-state index contributed by atoms with van der Waals surface area (Å²) in [6.45, 7) is 2.70. The van der Waals surface area contributed by atoms with Crippen LogP contribution >= 0.6 is 23.2 Å². The van der Waals surface area contributed by atoms with Crippen LogP contribution in [0.25, 0.3) is 0 Å². The minimum absolute atomic E-state index is 0.0629. The summed E-state index contributed by atoms with van der Waals surface area (Å²) in [4.78, 5) is 16.6. The smallest absolute Gasteiger partial charge is 0.244 e. The third-order valence-electron chi connectivity index (χ3n) is 4.25. The molecule has 1 unspecified atom stereocenters. The Hall–Kier alpha value is -2.06. The number of nitriles is 1. The third kappa shape index (κ3) is 4.98. The Morgan fingerprint density at radius 3 is 2.50 bits per heavy atom. The van der Waals surface area contributed by atoms with E-state index in [9.17, 15) is 4.79 Å². The Balaban J connectivity index is 2.16. The molecule has 0 spiro atoms. The van der Waals surface area contributed by atoms with E-state index in [1.165, 1.54) is 0 Å². The third-order valence-corrected chi connectivity index (χ3v) is 5.11. The lowest BCUT2D eigenvalue weighted by Crippen LogP contribution is -2.46. The lowest BCUT2D eigenvalue weighted by atomic mass is 10.1. The maximum absolute atomic E-state index is 13.0. The van der Waals surface area contributed by atoms with Gasteiger partial charge in [-0.1, -0.05) is 53.5 Å². The summed E-state index contributed by atoms with van der Waals surface area (Å²) < 4.78 is 0. The monoisotopic (exact) mass is 389 g/mol. The molecule has 1 atom stereocenters. The molecule has 0 aliphatic carbocycles. The fraction of sp³-hybridized carbons (Fsp3) is 0.300. The zero-order chi connectivity index (χ0) is 19.1. The normalized spacial score (nSPS) is 11.8. The van der Waals surface area contributed by atoms with E-state index in [4.69, 9.17) is 28.5 Å². The van der Waals surface area contributed by atoms with Crippen LogP contribution in [0.1, 0.15) is 18.9 Å². The van der Waals surface area contributed by atoms with Gasteiger partial charge in [0.2, 0.25) is 5.91 Å². The number of rotatable bonds is 7. The quantitative estimate of drug-likeness (QED) is 0.685. The van der Waals surface area contributed by atoms with Crippen molar-refractivity contribution < 1.29 is 4.79 Å². The standard InChI is InChI=1S/C20H21Cl2N3O/c1-15(24(2)14-16-8-6-11-18(21)19(16)22)20(26)25(13-7-12-23)17-9-4-3-5-10-17/h3-6,8-11,15H,7,13-14H2,1-2H3. The summed E-state index contributed by atoms with van der Waals surface area (Å²) in [5.41, 5.74) is 1.65. The first-order valence-electron chi connectivity index (χ1n) is 8.32. The lowest BCUT2D eigenvalue weighted by molar-refractivity contribution is -0.123. The number of carbonyl (C=O) groups excluding carboxylic acids is 1. The number of halogens is 2. The van der Waals surface area contributed by atoms with Gasteiger partial charge in [-0.3, -0.25) is 9.69 Å². The molecule has 2 aromatic carbocycles. The largest absolute Gasteiger partial charge is 0.310 e. The van der Waals surface area contributed by atoms with Crippen LogP contribution in [0.5, 0.6) is 0 Å². The molecule has 0 aliphatic rings. The molecule has 0 fully saturated rings. The van der Waals surface area contributed by atoms with Crippen molar-refractivity contribution >= 4 is 34.8 Å². The number of amides is 1. The number of benzene rings is 2. The number of hydrogen-bond donors (Lipinski definition) is 0. The second-order valence-corrected chi connectivity index (χ2v) is 6.82. The van der Waals surface area contributed by atoms with Crippen LogP contribution in [0.4, 0.5) is 5.69 Å². The molecule has 0 radical (unpaired) electrons. The lowest BCUT2D eigenvalue weighted by Gasteiger charge is -2.30. The van der Waals surface area contributed by atoms with Gasteiger partial charge in [0.1, 0.15) is 0 Å². The van der Waals surface area contributed by atoms with Gasteiger partial charge in [-0.15, -0.1) is 0 Å². The highest BCUT2D eigenvalue weighted by molar-refractivity contribution is 6.42. The minimum atomic E-state index is -0.385. The van der Waals surface area contributed by atoms with Crippen molar-refractivity contribution in [3.05, 3.63) is 64.1 Å². The maximum atomic E-state index is 13.0. The molecule has 0 aromatic heterocycles. The summed E-state index contributed by atoms with van der Waals surface area (Å²) in [6, 6.07) is 16.6. The van der Waals surface area contributed by atoms with E-state index in [1.807, 2.05) is 61.3 Å². The molecule has 6 heteroatoms. The van der Waals surface area contributed by atoms with Crippen molar-refractivity contribution in [2.75, 3.05) is 18.5 Å². The van der Waals surface area contributed by atoms with E-state index >= 15 is 0 Å². The van der Waals surface area contributed by atoms with Gasteiger partial charge in [-0.25, -0.2) is 0 Å². The number of nitrogens with zero attached hydrogens (tertiary/aromatic N) is 3. The van der Waals surface area contributed by atoms with Crippen LogP contribution in [-0.2, 0) is 11.3 Å². The van der Waals surface area contributed by atoms with Crippen LogP contribution in [-0.4, -0.2) is 30.4 Å². The van der Waals surface area contributed by atoms with Gasteiger partial charge in [0.25, 0.3) is 0 Å². The van der Waals surface area contributed by atoms with Crippen LogP contribution in [0.3, 0.4) is 0 Å². The van der Waals surface area contributed by atoms with Gasteiger partial charge in [-0.2, -0.15) is 5.26 Å². The predicted octanol–water partition coefficient (Wildman–Crippen LogP) is 4.76. The molecule has 136 valence electrons. The first-order valence-corrected chi connectivity index (χ1v) is 9.07. The van der Waals surface area contributed by atoms with Gasteiger partial charge in [0.15, 0.2) is 0 Å². The molecule has 0 heterocycles. The Morgan fingerprint density at radius 1 is 1.15 bits per heavy atom. The van der Waals surface area contributed by atoms with E-state index in [0.29, 0.717) is 23.1 Å². The summed E-state index contributed by atoms with van der Waals surface area (Å²) in [7, 11) is 1.87. The molecular formula is C20H21Cl2N3O. The fourth-order valence-corrected chi connectivity index (χ4v) is 3.01. The van der Waals surface area contributed by atoms with Crippen LogP contribution in [0, 0.1) is 11.3 Å². The van der Waals surface area contributed by atoms with Crippen molar-refractivity contribution in [1.29, 1.82) is 5.26 Å². The van der Waals surface area contributed by atoms with Crippen molar-refractivity contribution in [2.45, 2.75) is 25.9 Å². The highest BCUT2D eigenvalue weighted by Gasteiger charge is 2.25. The summed E-state index contributed by atoms with van der Waals surface area (Å²) in [5.74, 6) is -0.0629. The number of hydrogen-bond acceptors (Lipinski definition) is 3. The van der Waals surface area contributed by atoms with Gasteiger partial charge in [0, 0.05) is 18.8 Å². The van der Waals surface area contributed by atoms with Gasteiger partial charge in [0.05, 0.1) is 28.6 Å². The number of carbonyl (C=O) groups is 1. The molecule has 2 rings (SSSR count). The second kappa shape index (κ2) is 9.59. The van der Waals surface area contributed by atoms with E-state index in [2.05, 4.69) is 6.07 Å². The van der Waals surface area contributed by atoms with Crippen LogP contribution in [0.2, 0.25) is 10.0 Å². The van der Waals surface area contributed by atoms with Gasteiger partial charge < -0.3 is 4.90 Å². The topological polar surface area (TPSA) is 47.3 Å². The molecule has 0 saturated heterocycles. The molecule has 2 aromatic rings. The van der Waals surface area contributed by atoms with E-state index in [-0.39, 0.29) is 18.4 Å². The van der Waals surface area contributed by atoms with Gasteiger partial charge in [-0.05, 0) is 37.7 Å². The van der Waals surface area contributed by atoms with Gasteiger partial charge >= 0.3 is 0 Å². The van der Waals surface area contributed by atoms with Crippen molar-refractivity contribution in [1.82, 2.24) is 4.90 Å². The van der Waals surface area contributed by atoms with Crippen LogP contribution in [0.15, 0.2) is 48.5 Å². The average Bonchev–Trinajstić information content (AvgIpc) is 2.65. The van der Waals surface area contributed by atoms with E-state index < -0.39 is 0 Å². The average molecular weight is 390 g/mol. The predicted molar refractivity (Wildman–Crippen MR) is 106 cm³/mol. The Labute approximate surface area is 164 Å². The molecule has 4 nitrogen and oxygen atoms in total. The molecular weight excluding hydrogens is 369 g/mol. The minimum Gasteiger partial charge on any atom is -0.310 e. The molecule has 1 amide bonds. The highest BCUT2D eigenvalue weighted by atomic mass is 35.5. The molecule has 0 saturated carbocycles. The first-order chi connectivity index (χ1) is 12.5. The SMILES string of the molecule is CC(C(=O)N(CCC#N)c1ccccc1)N(C)Cc1cccc(Cl)c1Cl. The Bertz CT molecular complexity index is 789. The second-order valence-electron chi connectivity index (χ2n) is 6.04. The zero-order valence-corrected chi connectivity index (χ0v) is 16.3. The fourth-order valence-electron chi connectivity index (χ4n) is 2.63. The number of anilines is 1. The highest BCUT2D eigenvalue weighted by Crippen LogP contribution is 2.27. The molecule has 0 aliphatic heterocycles. The number of likely N-dealkylation sites (N-methyl/N-ethyl adjacent to an activating group) is 1. The summed E-state index contributed by atoms with van der Waals surface area (Å²) in [6.07, 6.45) is 0.275. The first kappa shape index (κ1) is 20.3. The molecule has 0 bridgehead atoms. The van der Waals surface area contributed by atoms with Crippen molar-refractivity contribution in [3.8, 4) is 6.07 Å². The zero-order valence-electron chi connectivity index (χ0n) is 14.8. The molecule has 0 N–H and O–H groups in total. The van der Waals surface area contributed by atoms with E-state index in [1.54, 1.807) is 11.0 Å².